The lowest BCUT2D eigenvalue weighted by atomic mass is 10.2. The maximum absolute atomic E-state index is 4.45. The van der Waals surface area contributed by atoms with Gasteiger partial charge >= 0.3 is 0 Å². The molecule has 0 unspecified atom stereocenters. The van der Waals surface area contributed by atoms with Crippen LogP contribution >= 0.6 is 11.3 Å². The lowest BCUT2D eigenvalue weighted by Gasteiger charge is -2.20. The van der Waals surface area contributed by atoms with Crippen LogP contribution < -0.4 is 4.90 Å². The molecule has 98 valence electrons. The average Bonchev–Trinajstić information content (AvgIpc) is 3.02. The van der Waals surface area contributed by atoms with Crippen LogP contribution in [0.25, 0.3) is 15.5 Å². The van der Waals surface area contributed by atoms with Crippen LogP contribution in [0.4, 0.5) is 5.69 Å². The van der Waals surface area contributed by atoms with E-state index in [1.807, 2.05) is 0 Å². The van der Waals surface area contributed by atoms with Crippen molar-refractivity contribution in [2.24, 2.45) is 0 Å². The quantitative estimate of drug-likeness (QED) is 0.733. The molecule has 0 amide bonds. The van der Waals surface area contributed by atoms with E-state index < -0.39 is 0 Å². The molecule has 0 aliphatic rings. The van der Waals surface area contributed by atoms with Gasteiger partial charge in [-0.1, -0.05) is 11.3 Å². The molecule has 3 aromatic rings. The van der Waals surface area contributed by atoms with Crippen molar-refractivity contribution in [3.8, 4) is 10.6 Å². The summed E-state index contributed by atoms with van der Waals surface area (Å²) < 4.78 is 1.71. The summed E-state index contributed by atoms with van der Waals surface area (Å²) in [7, 11) is 0. The van der Waals surface area contributed by atoms with Crippen LogP contribution in [0.2, 0.25) is 0 Å². The molecule has 0 spiro atoms. The van der Waals surface area contributed by atoms with Crippen LogP contribution in [0, 0.1) is 0 Å². The highest BCUT2D eigenvalue weighted by Crippen LogP contribution is 2.26. The second-order valence-corrected chi connectivity index (χ2v) is 5.14. The van der Waals surface area contributed by atoms with Gasteiger partial charge in [-0.15, -0.1) is 10.2 Å². The standard InChI is InChI=1S/C13H15N5S/c1-3-17(4-2)11-7-5-10(6-8-11)12-16-18-9-14-15-13(18)19-12/h5-9H,3-4H2,1-2H3. The third-order valence-electron chi connectivity index (χ3n) is 3.13. The number of benzene rings is 1. The molecule has 0 saturated carbocycles. The first-order valence-corrected chi connectivity index (χ1v) is 7.15. The van der Waals surface area contributed by atoms with Crippen molar-refractivity contribution >= 4 is 22.0 Å². The molecular formula is C13H15N5S. The molecule has 6 heteroatoms. The third-order valence-corrected chi connectivity index (χ3v) is 4.09. The van der Waals surface area contributed by atoms with E-state index in [0.29, 0.717) is 0 Å². The average molecular weight is 273 g/mol. The van der Waals surface area contributed by atoms with Crippen molar-refractivity contribution in [3.05, 3.63) is 30.6 Å². The van der Waals surface area contributed by atoms with Crippen molar-refractivity contribution in [1.82, 2.24) is 19.8 Å². The number of hydrogen-bond donors (Lipinski definition) is 0. The molecule has 2 heterocycles. The summed E-state index contributed by atoms with van der Waals surface area (Å²) in [5.41, 5.74) is 2.36. The van der Waals surface area contributed by atoms with Gasteiger partial charge < -0.3 is 4.90 Å². The zero-order chi connectivity index (χ0) is 13.2. The highest BCUT2D eigenvalue weighted by Gasteiger charge is 2.08. The molecule has 2 aromatic heterocycles. The van der Waals surface area contributed by atoms with Crippen LogP contribution in [-0.2, 0) is 0 Å². The Balaban J connectivity index is 1.91. The fourth-order valence-corrected chi connectivity index (χ4v) is 2.91. The first kappa shape index (κ1) is 12.1. The summed E-state index contributed by atoms with van der Waals surface area (Å²) in [5.74, 6) is 0. The van der Waals surface area contributed by atoms with E-state index in [-0.39, 0.29) is 0 Å². The molecule has 0 radical (unpaired) electrons. The minimum absolute atomic E-state index is 0.822. The van der Waals surface area contributed by atoms with Crippen molar-refractivity contribution in [1.29, 1.82) is 0 Å². The van der Waals surface area contributed by atoms with Gasteiger partial charge in [-0.3, -0.25) is 0 Å². The molecule has 0 N–H and O–H groups in total. The van der Waals surface area contributed by atoms with Gasteiger partial charge in [0.05, 0.1) is 0 Å². The van der Waals surface area contributed by atoms with Gasteiger partial charge in [0, 0.05) is 24.3 Å². The van der Waals surface area contributed by atoms with Gasteiger partial charge in [0.15, 0.2) is 0 Å². The van der Waals surface area contributed by atoms with Crippen LogP contribution in [0.1, 0.15) is 13.8 Å². The van der Waals surface area contributed by atoms with Gasteiger partial charge in [0.2, 0.25) is 4.96 Å². The van der Waals surface area contributed by atoms with E-state index >= 15 is 0 Å². The Morgan fingerprint density at radius 2 is 1.89 bits per heavy atom. The summed E-state index contributed by atoms with van der Waals surface area (Å²) in [6.07, 6.45) is 1.62. The second-order valence-electron chi connectivity index (χ2n) is 4.18. The first-order valence-electron chi connectivity index (χ1n) is 6.34. The van der Waals surface area contributed by atoms with E-state index in [9.17, 15) is 0 Å². The largest absolute Gasteiger partial charge is 0.372 e. The molecule has 3 rings (SSSR count). The highest BCUT2D eigenvalue weighted by molar-refractivity contribution is 7.19. The molecule has 0 bridgehead atoms. The summed E-state index contributed by atoms with van der Waals surface area (Å²) in [5, 5.41) is 13.2. The molecule has 0 aliphatic carbocycles. The second kappa shape index (κ2) is 4.97. The molecule has 0 fully saturated rings. The topological polar surface area (TPSA) is 46.3 Å². The summed E-state index contributed by atoms with van der Waals surface area (Å²) in [6.45, 7) is 6.37. The predicted octanol–water partition coefficient (Wildman–Crippen LogP) is 2.70. The van der Waals surface area contributed by atoms with Crippen molar-refractivity contribution in [2.45, 2.75) is 13.8 Å². The molecule has 5 nitrogen and oxygen atoms in total. The highest BCUT2D eigenvalue weighted by atomic mass is 32.1. The number of fused-ring (bicyclic) bond motifs is 1. The first-order chi connectivity index (χ1) is 9.31. The van der Waals surface area contributed by atoms with E-state index in [1.54, 1.807) is 22.2 Å². The zero-order valence-electron chi connectivity index (χ0n) is 10.9. The minimum Gasteiger partial charge on any atom is -0.372 e. The van der Waals surface area contributed by atoms with Crippen LogP contribution in [0.5, 0.6) is 0 Å². The molecule has 0 saturated heterocycles. The fraction of sp³-hybridized carbons (Fsp3) is 0.308. The molecule has 1 aromatic carbocycles. The van der Waals surface area contributed by atoms with Gasteiger partial charge in [-0.25, -0.2) is 0 Å². The molecule has 0 atom stereocenters. The van der Waals surface area contributed by atoms with Crippen molar-refractivity contribution < 1.29 is 0 Å². The molecular weight excluding hydrogens is 258 g/mol. The summed E-state index contributed by atoms with van der Waals surface area (Å²) >= 11 is 1.55. The SMILES string of the molecule is CCN(CC)c1ccc(-c2nn3cnnc3s2)cc1. The number of aromatic nitrogens is 4. The maximum Gasteiger partial charge on any atom is 0.234 e. The Morgan fingerprint density at radius 3 is 2.53 bits per heavy atom. The lowest BCUT2D eigenvalue weighted by Crippen LogP contribution is -2.21. The maximum atomic E-state index is 4.45. The smallest absolute Gasteiger partial charge is 0.234 e. The summed E-state index contributed by atoms with van der Waals surface area (Å²) in [4.78, 5) is 3.14. The predicted molar refractivity (Wildman–Crippen MR) is 77.7 cm³/mol. The molecule has 0 aliphatic heterocycles. The van der Waals surface area contributed by atoms with E-state index in [0.717, 1.165) is 28.6 Å². The van der Waals surface area contributed by atoms with E-state index in [1.165, 1.54) is 5.69 Å². The van der Waals surface area contributed by atoms with Gasteiger partial charge in [0.25, 0.3) is 0 Å². The fourth-order valence-electron chi connectivity index (χ4n) is 2.08. The summed E-state index contributed by atoms with van der Waals surface area (Å²) in [6, 6.07) is 8.51. The Morgan fingerprint density at radius 1 is 1.16 bits per heavy atom. The number of nitrogens with zero attached hydrogens (tertiary/aromatic N) is 5. The number of anilines is 1. The van der Waals surface area contributed by atoms with Gasteiger partial charge in [0.1, 0.15) is 11.3 Å². The van der Waals surface area contributed by atoms with Crippen molar-refractivity contribution in [2.75, 3.05) is 18.0 Å². The van der Waals surface area contributed by atoms with Gasteiger partial charge in [-0.05, 0) is 38.1 Å². The Bertz CT molecular complexity index is 637. The van der Waals surface area contributed by atoms with Gasteiger partial charge in [-0.2, -0.15) is 9.61 Å². The lowest BCUT2D eigenvalue weighted by molar-refractivity contribution is 0.866. The Kier molecular flexibility index (Phi) is 3.16. The third kappa shape index (κ3) is 2.19. The van der Waals surface area contributed by atoms with Crippen LogP contribution in [0.3, 0.4) is 0 Å². The Labute approximate surface area is 115 Å². The number of hydrogen-bond acceptors (Lipinski definition) is 5. The zero-order valence-corrected chi connectivity index (χ0v) is 11.8. The molecule has 19 heavy (non-hydrogen) atoms. The number of rotatable bonds is 4. The van der Waals surface area contributed by atoms with E-state index in [4.69, 9.17) is 0 Å². The normalized spacial score (nSPS) is 11.1. The minimum atomic E-state index is 0.822. The van der Waals surface area contributed by atoms with Crippen molar-refractivity contribution in [3.63, 3.8) is 0 Å². The Hall–Kier alpha value is -1.95. The van der Waals surface area contributed by atoms with Crippen LogP contribution in [0.15, 0.2) is 30.6 Å². The van der Waals surface area contributed by atoms with E-state index in [2.05, 4.69) is 58.3 Å². The monoisotopic (exact) mass is 273 g/mol. The van der Waals surface area contributed by atoms with Crippen LogP contribution in [-0.4, -0.2) is 32.9 Å².